The van der Waals surface area contributed by atoms with Crippen molar-refractivity contribution in [1.29, 1.82) is 0 Å². The predicted molar refractivity (Wildman–Crippen MR) is 93.0 cm³/mol. The Hall–Kier alpha value is -1.46. The molecule has 5 heteroatoms. The van der Waals surface area contributed by atoms with Crippen LogP contribution in [0.3, 0.4) is 0 Å². The first-order chi connectivity index (χ1) is 9.63. The number of nitrogen functional groups attached to an aromatic ring is 1. The predicted octanol–water partition coefficient (Wildman–Crippen LogP) is 4.39. The summed E-state index contributed by atoms with van der Waals surface area (Å²) in [5.74, 6) is 0.719. The average molecular weight is 303 g/mol. The van der Waals surface area contributed by atoms with Crippen molar-refractivity contribution in [3.8, 4) is 0 Å². The fraction of sp³-hybridized carbons (Fsp3) is 0.200. The molecule has 0 saturated heterocycles. The molecule has 0 bridgehead atoms. The van der Waals surface area contributed by atoms with Crippen LogP contribution in [0.2, 0.25) is 0 Å². The molecular formula is C15H17N3S2. The SMILES string of the molecule is Nc1cc(C2CC2)ccc1Nc1cccc(N(S)S)c1. The van der Waals surface area contributed by atoms with Crippen LogP contribution < -0.4 is 14.8 Å². The number of nitrogens with two attached hydrogens (primary N) is 1. The fourth-order valence-electron chi connectivity index (χ4n) is 2.23. The van der Waals surface area contributed by atoms with Crippen LogP contribution in [0.5, 0.6) is 0 Å². The van der Waals surface area contributed by atoms with Crippen molar-refractivity contribution in [3.05, 3.63) is 48.0 Å². The van der Waals surface area contributed by atoms with E-state index < -0.39 is 0 Å². The molecule has 104 valence electrons. The maximum absolute atomic E-state index is 6.13. The number of hydrogen-bond donors (Lipinski definition) is 4. The lowest BCUT2D eigenvalue weighted by Crippen LogP contribution is -1.98. The smallest absolute Gasteiger partial charge is 0.0618 e. The molecule has 0 amide bonds. The van der Waals surface area contributed by atoms with Crippen molar-refractivity contribution in [2.45, 2.75) is 18.8 Å². The summed E-state index contributed by atoms with van der Waals surface area (Å²) >= 11 is 8.34. The third-order valence-corrected chi connectivity index (χ3v) is 3.94. The molecule has 3 N–H and O–H groups in total. The fourth-order valence-corrected chi connectivity index (χ4v) is 2.48. The van der Waals surface area contributed by atoms with Crippen LogP contribution >= 0.6 is 25.6 Å². The highest BCUT2D eigenvalue weighted by molar-refractivity contribution is 8.00. The maximum atomic E-state index is 6.13. The lowest BCUT2D eigenvalue weighted by Gasteiger charge is -2.14. The third-order valence-electron chi connectivity index (χ3n) is 3.48. The van der Waals surface area contributed by atoms with E-state index in [1.807, 2.05) is 24.3 Å². The van der Waals surface area contributed by atoms with Crippen LogP contribution in [-0.2, 0) is 0 Å². The molecule has 0 radical (unpaired) electrons. The van der Waals surface area contributed by atoms with Gasteiger partial charge in [0, 0.05) is 5.69 Å². The number of thiol groups is 2. The Kier molecular flexibility index (Phi) is 3.72. The molecule has 1 aliphatic rings. The van der Waals surface area contributed by atoms with Gasteiger partial charge in [0.05, 0.1) is 17.1 Å². The Balaban J connectivity index is 1.81. The Bertz CT molecular complexity index is 624. The van der Waals surface area contributed by atoms with Crippen molar-refractivity contribution < 1.29 is 0 Å². The van der Waals surface area contributed by atoms with E-state index in [1.54, 1.807) is 0 Å². The summed E-state index contributed by atoms with van der Waals surface area (Å²) in [6, 6.07) is 14.1. The summed E-state index contributed by atoms with van der Waals surface area (Å²) in [4.78, 5) is 0. The Morgan fingerprint density at radius 3 is 2.55 bits per heavy atom. The molecule has 0 spiro atoms. The first-order valence-corrected chi connectivity index (χ1v) is 7.38. The van der Waals surface area contributed by atoms with Gasteiger partial charge in [-0.05, 0) is 54.7 Å². The molecule has 0 atom stereocenters. The Labute approximate surface area is 130 Å². The standard InChI is InChI=1S/C15H17N3S2/c16-14-8-11(10-4-5-10)6-7-15(14)17-12-2-1-3-13(9-12)18(19)20/h1-3,6-10,17,19-20H,4-5,16H2. The molecule has 20 heavy (non-hydrogen) atoms. The second kappa shape index (κ2) is 5.50. The van der Waals surface area contributed by atoms with Crippen molar-refractivity contribution >= 4 is 48.4 Å². The molecule has 1 aliphatic carbocycles. The van der Waals surface area contributed by atoms with E-state index in [2.05, 4.69) is 49.1 Å². The highest BCUT2D eigenvalue weighted by Crippen LogP contribution is 2.41. The molecule has 3 nitrogen and oxygen atoms in total. The minimum atomic E-state index is 0.719. The lowest BCUT2D eigenvalue weighted by atomic mass is 10.1. The van der Waals surface area contributed by atoms with Crippen LogP contribution in [0, 0.1) is 0 Å². The molecule has 0 aliphatic heterocycles. The van der Waals surface area contributed by atoms with Crippen molar-refractivity contribution in [2.24, 2.45) is 0 Å². The largest absolute Gasteiger partial charge is 0.397 e. The minimum Gasteiger partial charge on any atom is -0.397 e. The third kappa shape index (κ3) is 2.99. The van der Waals surface area contributed by atoms with Gasteiger partial charge in [0.1, 0.15) is 0 Å². The molecule has 0 unspecified atom stereocenters. The molecule has 0 heterocycles. The summed E-state index contributed by atoms with van der Waals surface area (Å²) in [5, 5.41) is 3.33. The van der Waals surface area contributed by atoms with Gasteiger partial charge in [0.15, 0.2) is 0 Å². The maximum Gasteiger partial charge on any atom is 0.0618 e. The van der Waals surface area contributed by atoms with Crippen molar-refractivity contribution in [1.82, 2.24) is 0 Å². The van der Waals surface area contributed by atoms with Gasteiger partial charge in [0.25, 0.3) is 0 Å². The summed E-state index contributed by atoms with van der Waals surface area (Å²) in [7, 11) is 0. The van der Waals surface area contributed by atoms with Crippen molar-refractivity contribution in [2.75, 3.05) is 14.8 Å². The first-order valence-electron chi connectivity index (χ1n) is 6.58. The zero-order chi connectivity index (χ0) is 14.1. The number of hydrogen-bond acceptors (Lipinski definition) is 5. The van der Waals surface area contributed by atoms with E-state index >= 15 is 0 Å². The lowest BCUT2D eigenvalue weighted by molar-refractivity contribution is 1.13. The van der Waals surface area contributed by atoms with Gasteiger partial charge < -0.3 is 11.1 Å². The Morgan fingerprint density at radius 2 is 1.90 bits per heavy atom. The van der Waals surface area contributed by atoms with Gasteiger partial charge in [-0.2, -0.15) is 0 Å². The van der Waals surface area contributed by atoms with Gasteiger partial charge in [-0.25, -0.2) is 0 Å². The second-order valence-electron chi connectivity index (χ2n) is 5.09. The summed E-state index contributed by atoms with van der Waals surface area (Å²) in [6.45, 7) is 0. The topological polar surface area (TPSA) is 41.3 Å². The van der Waals surface area contributed by atoms with Crippen LogP contribution in [-0.4, -0.2) is 0 Å². The summed E-state index contributed by atoms with van der Waals surface area (Å²) in [5.41, 5.74) is 11.0. The van der Waals surface area contributed by atoms with Crippen LogP contribution in [0.25, 0.3) is 0 Å². The average Bonchev–Trinajstić information content (AvgIpc) is 3.26. The molecule has 2 aromatic rings. The highest BCUT2D eigenvalue weighted by Gasteiger charge is 2.23. The van der Waals surface area contributed by atoms with E-state index in [9.17, 15) is 0 Å². The van der Waals surface area contributed by atoms with Crippen LogP contribution in [0.4, 0.5) is 22.7 Å². The normalized spacial score (nSPS) is 14.1. The van der Waals surface area contributed by atoms with Gasteiger partial charge in [0.2, 0.25) is 0 Å². The molecule has 1 fully saturated rings. The number of rotatable bonds is 4. The Morgan fingerprint density at radius 1 is 1.10 bits per heavy atom. The van der Waals surface area contributed by atoms with E-state index in [4.69, 9.17) is 5.73 Å². The van der Waals surface area contributed by atoms with Gasteiger partial charge >= 0.3 is 0 Å². The van der Waals surface area contributed by atoms with E-state index in [1.165, 1.54) is 22.1 Å². The number of benzene rings is 2. The number of nitrogens with one attached hydrogen (secondary N) is 1. The number of nitrogens with zero attached hydrogens (tertiary/aromatic N) is 1. The van der Waals surface area contributed by atoms with E-state index in [0.717, 1.165) is 28.7 Å². The van der Waals surface area contributed by atoms with E-state index in [0.29, 0.717) is 0 Å². The van der Waals surface area contributed by atoms with Gasteiger partial charge in [-0.3, -0.25) is 3.71 Å². The molecule has 0 aromatic heterocycles. The van der Waals surface area contributed by atoms with Gasteiger partial charge in [-0.1, -0.05) is 37.8 Å². The zero-order valence-corrected chi connectivity index (χ0v) is 12.7. The minimum absolute atomic E-state index is 0.719. The monoisotopic (exact) mass is 303 g/mol. The molecule has 1 saturated carbocycles. The van der Waals surface area contributed by atoms with E-state index in [-0.39, 0.29) is 0 Å². The molecule has 3 rings (SSSR count). The first kappa shape index (κ1) is 13.5. The molecule has 2 aromatic carbocycles. The summed E-state index contributed by atoms with van der Waals surface area (Å²) < 4.78 is 1.48. The van der Waals surface area contributed by atoms with Crippen molar-refractivity contribution in [3.63, 3.8) is 0 Å². The summed E-state index contributed by atoms with van der Waals surface area (Å²) in [6.07, 6.45) is 2.57. The van der Waals surface area contributed by atoms with Crippen LogP contribution in [0.1, 0.15) is 24.3 Å². The van der Waals surface area contributed by atoms with Gasteiger partial charge in [-0.15, -0.1) is 0 Å². The molecular weight excluding hydrogens is 286 g/mol. The number of anilines is 4. The zero-order valence-electron chi connectivity index (χ0n) is 11.0. The van der Waals surface area contributed by atoms with Crippen LogP contribution in [0.15, 0.2) is 42.5 Å². The highest BCUT2D eigenvalue weighted by atomic mass is 32.2. The second-order valence-corrected chi connectivity index (χ2v) is 6.20. The quantitative estimate of drug-likeness (QED) is 0.500.